The predicted octanol–water partition coefficient (Wildman–Crippen LogP) is 2.51. The number of rotatable bonds is 5. The van der Waals surface area contributed by atoms with Gasteiger partial charge in [0.2, 0.25) is 5.91 Å². The van der Waals surface area contributed by atoms with Gasteiger partial charge in [-0.25, -0.2) is 9.37 Å². The van der Waals surface area contributed by atoms with Crippen molar-refractivity contribution in [3.63, 3.8) is 0 Å². The maximum absolute atomic E-state index is 12.8. The highest BCUT2D eigenvalue weighted by molar-refractivity contribution is 14.0. The zero-order valence-electron chi connectivity index (χ0n) is 13.3. The smallest absolute Gasteiger partial charge is 0.243 e. The molecule has 2 aromatic rings. The predicted molar refractivity (Wildman–Crippen MR) is 105 cm³/mol. The Morgan fingerprint density at radius 1 is 1.29 bits per heavy atom. The number of nitrogens with zero attached hydrogens (tertiary/aromatic N) is 2. The minimum absolute atomic E-state index is 0. The van der Waals surface area contributed by atoms with Gasteiger partial charge in [-0.05, 0) is 31.2 Å². The average molecular weight is 463 g/mol. The second-order valence-corrected chi connectivity index (χ2v) is 6.02. The van der Waals surface area contributed by atoms with E-state index in [9.17, 15) is 9.18 Å². The van der Waals surface area contributed by atoms with Crippen molar-refractivity contribution >= 4 is 52.9 Å². The van der Waals surface area contributed by atoms with E-state index in [-0.39, 0.29) is 42.2 Å². The molecule has 6 nitrogen and oxygen atoms in total. The van der Waals surface area contributed by atoms with Gasteiger partial charge in [-0.2, -0.15) is 0 Å². The molecule has 0 aliphatic heterocycles. The first-order chi connectivity index (χ1) is 11.1. The number of guanidine groups is 1. The molecule has 0 aliphatic carbocycles. The van der Waals surface area contributed by atoms with Crippen LogP contribution in [0.25, 0.3) is 0 Å². The van der Waals surface area contributed by atoms with Gasteiger partial charge in [0.25, 0.3) is 0 Å². The number of anilines is 1. The lowest BCUT2D eigenvalue weighted by molar-refractivity contribution is -0.115. The minimum atomic E-state index is -0.344. The van der Waals surface area contributed by atoms with Crippen LogP contribution in [0.4, 0.5) is 10.1 Å². The fourth-order valence-electron chi connectivity index (χ4n) is 1.77. The Kier molecular flexibility index (Phi) is 8.61. The van der Waals surface area contributed by atoms with Crippen molar-refractivity contribution in [1.82, 2.24) is 15.6 Å². The summed E-state index contributed by atoms with van der Waals surface area (Å²) in [6.07, 6.45) is 1.81. The number of aromatic nitrogens is 1. The van der Waals surface area contributed by atoms with E-state index in [0.717, 1.165) is 9.88 Å². The van der Waals surface area contributed by atoms with Gasteiger partial charge in [-0.1, -0.05) is 0 Å². The maximum atomic E-state index is 12.8. The Hall–Kier alpha value is -1.75. The molecule has 130 valence electrons. The van der Waals surface area contributed by atoms with Crippen LogP contribution in [-0.4, -0.2) is 30.4 Å². The highest BCUT2D eigenvalue weighted by atomic mass is 127. The van der Waals surface area contributed by atoms with Crippen molar-refractivity contribution in [3.05, 3.63) is 46.2 Å². The van der Waals surface area contributed by atoms with Gasteiger partial charge in [0.05, 0.1) is 13.1 Å². The molecule has 0 fully saturated rings. The van der Waals surface area contributed by atoms with Crippen LogP contribution in [0.2, 0.25) is 0 Å². The van der Waals surface area contributed by atoms with Crippen LogP contribution in [0.5, 0.6) is 0 Å². The van der Waals surface area contributed by atoms with Gasteiger partial charge in [0, 0.05) is 23.8 Å². The molecule has 0 bridgehead atoms. The molecule has 0 radical (unpaired) electrons. The van der Waals surface area contributed by atoms with E-state index in [1.165, 1.54) is 24.3 Å². The number of aliphatic imine (C=N–C) groups is 1. The molecular formula is C15H19FIN5OS. The zero-order chi connectivity index (χ0) is 16.7. The zero-order valence-corrected chi connectivity index (χ0v) is 16.4. The van der Waals surface area contributed by atoms with E-state index in [1.807, 2.05) is 13.1 Å². The monoisotopic (exact) mass is 463 g/mol. The first-order valence-electron chi connectivity index (χ1n) is 6.98. The fraction of sp³-hybridized carbons (Fsp3) is 0.267. The summed E-state index contributed by atoms with van der Waals surface area (Å²) in [6, 6.07) is 5.59. The molecule has 0 unspecified atom stereocenters. The number of hydrogen-bond acceptors (Lipinski definition) is 4. The van der Waals surface area contributed by atoms with Crippen LogP contribution in [0.1, 0.15) is 9.88 Å². The third-order valence-corrected chi connectivity index (χ3v) is 3.76. The van der Waals surface area contributed by atoms with Crippen molar-refractivity contribution < 1.29 is 9.18 Å². The van der Waals surface area contributed by atoms with E-state index >= 15 is 0 Å². The Bertz CT molecular complexity index is 689. The lowest BCUT2D eigenvalue weighted by Gasteiger charge is -2.11. The number of carbonyl (C=O) groups excluding carboxylic acids is 1. The maximum Gasteiger partial charge on any atom is 0.243 e. The standard InChI is InChI=1S/C15H18FN5OS.HI/c1-10-7-18-14(23-10)9-20-15(17-2)19-8-13(22)21-12-5-3-11(16)4-6-12;/h3-7H,8-9H2,1-2H3,(H,21,22)(H2,17,19,20);1H. The number of hydrogen-bond donors (Lipinski definition) is 3. The number of halogens is 2. The molecule has 0 spiro atoms. The van der Waals surface area contributed by atoms with E-state index in [4.69, 9.17) is 0 Å². The average Bonchev–Trinajstić information content (AvgIpc) is 2.95. The summed E-state index contributed by atoms with van der Waals surface area (Å²) < 4.78 is 12.8. The van der Waals surface area contributed by atoms with Crippen LogP contribution in [0, 0.1) is 12.7 Å². The molecule has 0 saturated heterocycles. The van der Waals surface area contributed by atoms with Crippen LogP contribution in [-0.2, 0) is 11.3 Å². The third-order valence-electron chi connectivity index (χ3n) is 2.84. The Labute approximate surface area is 161 Å². The normalized spacial score (nSPS) is 10.7. The van der Waals surface area contributed by atoms with Gasteiger partial charge in [0.1, 0.15) is 10.8 Å². The topological polar surface area (TPSA) is 78.4 Å². The Morgan fingerprint density at radius 3 is 2.58 bits per heavy atom. The molecule has 1 aromatic heterocycles. The van der Waals surface area contributed by atoms with Crippen molar-refractivity contribution in [2.45, 2.75) is 13.5 Å². The van der Waals surface area contributed by atoms with Crippen molar-refractivity contribution in [2.24, 2.45) is 4.99 Å². The number of thiazole rings is 1. The molecule has 0 saturated carbocycles. The molecule has 1 aromatic carbocycles. The van der Waals surface area contributed by atoms with Crippen LogP contribution >= 0.6 is 35.3 Å². The van der Waals surface area contributed by atoms with E-state index in [1.54, 1.807) is 18.4 Å². The summed E-state index contributed by atoms with van der Waals surface area (Å²) >= 11 is 1.60. The summed E-state index contributed by atoms with van der Waals surface area (Å²) in [7, 11) is 1.63. The van der Waals surface area contributed by atoms with Gasteiger partial charge in [0.15, 0.2) is 5.96 Å². The van der Waals surface area contributed by atoms with E-state index < -0.39 is 0 Å². The summed E-state index contributed by atoms with van der Waals surface area (Å²) in [5.41, 5.74) is 0.541. The summed E-state index contributed by atoms with van der Waals surface area (Å²) in [5.74, 6) is -0.0834. The number of aryl methyl sites for hydroxylation is 1. The quantitative estimate of drug-likeness (QED) is 0.362. The molecule has 9 heteroatoms. The largest absolute Gasteiger partial charge is 0.350 e. The van der Waals surface area contributed by atoms with Crippen molar-refractivity contribution in [1.29, 1.82) is 0 Å². The molecule has 3 N–H and O–H groups in total. The highest BCUT2D eigenvalue weighted by Crippen LogP contribution is 2.10. The molecule has 0 aliphatic rings. The summed E-state index contributed by atoms with van der Waals surface area (Å²) in [4.78, 5) is 21.3. The molecular weight excluding hydrogens is 444 g/mol. The first-order valence-corrected chi connectivity index (χ1v) is 7.79. The fourth-order valence-corrected chi connectivity index (χ4v) is 2.49. The second kappa shape index (κ2) is 10.2. The second-order valence-electron chi connectivity index (χ2n) is 4.70. The first kappa shape index (κ1) is 20.3. The molecule has 0 atom stereocenters. The summed E-state index contributed by atoms with van der Waals surface area (Å²) in [6.45, 7) is 2.58. The number of amides is 1. The number of benzene rings is 1. The minimum Gasteiger partial charge on any atom is -0.350 e. The van der Waals surface area contributed by atoms with Crippen LogP contribution in [0.3, 0.4) is 0 Å². The Morgan fingerprint density at radius 2 is 2.00 bits per heavy atom. The van der Waals surface area contributed by atoms with Crippen LogP contribution < -0.4 is 16.0 Å². The summed E-state index contributed by atoms with van der Waals surface area (Å²) in [5, 5.41) is 9.60. The Balaban J connectivity index is 0.00000288. The van der Waals surface area contributed by atoms with Gasteiger partial charge in [-0.3, -0.25) is 9.79 Å². The SMILES string of the molecule is CN=C(NCC(=O)Nc1ccc(F)cc1)NCc1ncc(C)s1.I. The number of nitrogens with one attached hydrogen (secondary N) is 3. The van der Waals surface area contributed by atoms with Gasteiger partial charge >= 0.3 is 0 Å². The third kappa shape index (κ3) is 6.79. The molecule has 2 rings (SSSR count). The molecule has 1 heterocycles. The lowest BCUT2D eigenvalue weighted by atomic mass is 10.3. The molecule has 1 amide bonds. The number of carbonyl (C=O) groups is 1. The lowest BCUT2D eigenvalue weighted by Crippen LogP contribution is -2.41. The van der Waals surface area contributed by atoms with Crippen molar-refractivity contribution in [2.75, 3.05) is 18.9 Å². The van der Waals surface area contributed by atoms with E-state index in [0.29, 0.717) is 18.2 Å². The van der Waals surface area contributed by atoms with Crippen LogP contribution in [0.15, 0.2) is 35.5 Å². The van der Waals surface area contributed by atoms with Gasteiger partial charge < -0.3 is 16.0 Å². The molecule has 24 heavy (non-hydrogen) atoms. The van der Waals surface area contributed by atoms with Crippen molar-refractivity contribution in [3.8, 4) is 0 Å². The van der Waals surface area contributed by atoms with Gasteiger partial charge in [-0.15, -0.1) is 35.3 Å². The highest BCUT2D eigenvalue weighted by Gasteiger charge is 2.05. The van der Waals surface area contributed by atoms with E-state index in [2.05, 4.69) is 25.9 Å².